The molecule has 2 aromatic rings. The van der Waals surface area contributed by atoms with Crippen molar-refractivity contribution < 1.29 is 5.21 Å². The Morgan fingerprint density at radius 3 is 2.63 bits per heavy atom. The van der Waals surface area contributed by atoms with Gasteiger partial charge in [0.25, 0.3) is 0 Å². The lowest BCUT2D eigenvalue weighted by atomic mass is 10.1. The zero-order valence-corrected chi connectivity index (χ0v) is 11.2. The van der Waals surface area contributed by atoms with Crippen molar-refractivity contribution in [3.05, 3.63) is 58.1 Å². The van der Waals surface area contributed by atoms with Crippen molar-refractivity contribution in [3.63, 3.8) is 0 Å². The van der Waals surface area contributed by atoms with Crippen LogP contribution in [-0.4, -0.2) is 11.0 Å². The van der Waals surface area contributed by atoms with Gasteiger partial charge in [-0.15, -0.1) is 0 Å². The third-order valence-electron chi connectivity index (χ3n) is 2.79. The number of amidine groups is 1. The quantitative estimate of drug-likeness (QED) is 0.836. The second-order valence-electron chi connectivity index (χ2n) is 4.01. The lowest BCUT2D eigenvalue weighted by Crippen LogP contribution is -2.32. The second-order valence-corrected chi connectivity index (χ2v) is 4.82. The number of nitrogens with zero attached hydrogens (tertiary/aromatic N) is 2. The van der Waals surface area contributed by atoms with Crippen molar-refractivity contribution in [2.24, 2.45) is 5.10 Å². The fourth-order valence-corrected chi connectivity index (χ4v) is 2.15. The highest BCUT2D eigenvalue weighted by Gasteiger charge is 2.21. The molecule has 3 rings (SSSR count). The first-order valence-electron chi connectivity index (χ1n) is 5.54. The lowest BCUT2D eigenvalue weighted by molar-refractivity contribution is 0.312. The standard InChI is InChI=1S/C13H9Cl2N3O/c14-9-6-5-8(7-10(9)15)13-17-16-11-3-1-2-4-12(11)18(13)19/h1-7,16,19H. The van der Waals surface area contributed by atoms with Gasteiger partial charge in [0.1, 0.15) is 0 Å². The average molecular weight is 294 g/mol. The molecule has 0 aliphatic carbocycles. The van der Waals surface area contributed by atoms with Crippen LogP contribution in [0.5, 0.6) is 0 Å². The van der Waals surface area contributed by atoms with E-state index in [1.807, 2.05) is 18.2 Å². The molecule has 96 valence electrons. The number of benzene rings is 2. The Bertz CT molecular complexity index is 673. The van der Waals surface area contributed by atoms with Crippen LogP contribution in [0.2, 0.25) is 10.0 Å². The average Bonchev–Trinajstić information content (AvgIpc) is 2.43. The van der Waals surface area contributed by atoms with Crippen molar-refractivity contribution in [3.8, 4) is 0 Å². The van der Waals surface area contributed by atoms with E-state index in [1.165, 1.54) is 0 Å². The Labute approximate surface area is 119 Å². The van der Waals surface area contributed by atoms with Gasteiger partial charge in [0.15, 0.2) is 5.84 Å². The van der Waals surface area contributed by atoms with Gasteiger partial charge in [0, 0.05) is 5.56 Å². The predicted octanol–water partition coefficient (Wildman–Crippen LogP) is 3.98. The summed E-state index contributed by atoms with van der Waals surface area (Å²) >= 11 is 11.8. The van der Waals surface area contributed by atoms with Crippen LogP contribution in [0.15, 0.2) is 47.6 Å². The third kappa shape index (κ3) is 2.14. The number of halogens is 2. The van der Waals surface area contributed by atoms with Crippen LogP contribution in [0.1, 0.15) is 5.56 Å². The summed E-state index contributed by atoms with van der Waals surface area (Å²) in [6, 6.07) is 12.4. The van der Waals surface area contributed by atoms with Gasteiger partial charge in [-0.2, -0.15) is 5.10 Å². The Morgan fingerprint density at radius 1 is 1.05 bits per heavy atom. The van der Waals surface area contributed by atoms with Gasteiger partial charge in [-0.1, -0.05) is 35.3 Å². The van der Waals surface area contributed by atoms with Crippen LogP contribution in [0.4, 0.5) is 11.4 Å². The molecule has 6 heteroatoms. The van der Waals surface area contributed by atoms with Crippen LogP contribution in [0.3, 0.4) is 0 Å². The van der Waals surface area contributed by atoms with Crippen molar-refractivity contribution in [2.75, 3.05) is 10.5 Å². The van der Waals surface area contributed by atoms with Crippen LogP contribution < -0.4 is 10.5 Å². The van der Waals surface area contributed by atoms with Crippen LogP contribution >= 0.6 is 23.2 Å². The highest BCUT2D eigenvalue weighted by atomic mass is 35.5. The van der Waals surface area contributed by atoms with Crippen LogP contribution in [0, 0.1) is 0 Å². The van der Waals surface area contributed by atoms with Crippen molar-refractivity contribution in [1.82, 2.24) is 0 Å². The van der Waals surface area contributed by atoms with E-state index in [4.69, 9.17) is 23.2 Å². The molecule has 2 aromatic carbocycles. The minimum atomic E-state index is 0.359. The minimum Gasteiger partial charge on any atom is -0.282 e. The van der Waals surface area contributed by atoms with Gasteiger partial charge >= 0.3 is 0 Å². The molecule has 4 nitrogen and oxygen atoms in total. The Hall–Kier alpha value is -1.75. The number of hydrogen-bond acceptors (Lipinski definition) is 4. The largest absolute Gasteiger partial charge is 0.282 e. The molecule has 0 amide bonds. The van der Waals surface area contributed by atoms with Gasteiger partial charge in [0.05, 0.1) is 21.4 Å². The van der Waals surface area contributed by atoms with E-state index in [1.54, 1.807) is 24.3 Å². The molecule has 0 saturated heterocycles. The van der Waals surface area contributed by atoms with Crippen LogP contribution in [0.25, 0.3) is 0 Å². The molecule has 1 heterocycles. The maximum Gasteiger partial charge on any atom is 0.184 e. The second kappa shape index (κ2) is 4.74. The van der Waals surface area contributed by atoms with E-state index < -0.39 is 0 Å². The summed E-state index contributed by atoms with van der Waals surface area (Å²) in [5.41, 5.74) is 4.91. The molecule has 1 aliphatic rings. The SMILES string of the molecule is ON1C(c2ccc(Cl)c(Cl)c2)=NNc2ccccc21. The van der Waals surface area contributed by atoms with Crippen molar-refractivity contribution in [1.29, 1.82) is 0 Å². The monoisotopic (exact) mass is 293 g/mol. The van der Waals surface area contributed by atoms with Gasteiger partial charge in [-0.05, 0) is 30.3 Å². The number of hydrogen-bond donors (Lipinski definition) is 2. The summed E-state index contributed by atoms with van der Waals surface area (Å²) in [6.07, 6.45) is 0. The fourth-order valence-electron chi connectivity index (χ4n) is 1.85. The summed E-state index contributed by atoms with van der Waals surface area (Å²) in [7, 11) is 0. The first-order valence-corrected chi connectivity index (χ1v) is 6.29. The summed E-state index contributed by atoms with van der Waals surface area (Å²) in [5.74, 6) is 0.359. The highest BCUT2D eigenvalue weighted by molar-refractivity contribution is 6.42. The molecule has 0 spiro atoms. The molecule has 0 unspecified atom stereocenters. The maximum atomic E-state index is 10.2. The molecule has 0 aromatic heterocycles. The highest BCUT2D eigenvalue weighted by Crippen LogP contribution is 2.30. The Balaban J connectivity index is 2.03. The van der Waals surface area contributed by atoms with E-state index in [2.05, 4.69) is 10.5 Å². The summed E-state index contributed by atoms with van der Waals surface area (Å²) in [5, 5.41) is 16.2. The number of hydrazone groups is 1. The number of anilines is 2. The molecule has 1 aliphatic heterocycles. The van der Waals surface area contributed by atoms with Gasteiger partial charge < -0.3 is 0 Å². The van der Waals surface area contributed by atoms with Crippen LogP contribution in [-0.2, 0) is 0 Å². The number of para-hydroxylation sites is 2. The fraction of sp³-hybridized carbons (Fsp3) is 0. The van der Waals surface area contributed by atoms with Crippen molar-refractivity contribution >= 4 is 40.4 Å². The summed E-state index contributed by atoms with van der Waals surface area (Å²) in [4.78, 5) is 0. The Kier molecular flexibility index (Phi) is 3.06. The lowest BCUT2D eigenvalue weighted by Gasteiger charge is -2.25. The summed E-state index contributed by atoms with van der Waals surface area (Å²) < 4.78 is 0. The van der Waals surface area contributed by atoms with Gasteiger partial charge in [-0.3, -0.25) is 10.6 Å². The van der Waals surface area contributed by atoms with Crippen molar-refractivity contribution in [2.45, 2.75) is 0 Å². The van der Waals surface area contributed by atoms with E-state index in [9.17, 15) is 5.21 Å². The maximum absolute atomic E-state index is 10.2. The molecular formula is C13H9Cl2N3O. The minimum absolute atomic E-state index is 0.359. The van der Waals surface area contributed by atoms with E-state index in [-0.39, 0.29) is 0 Å². The smallest absolute Gasteiger partial charge is 0.184 e. The zero-order chi connectivity index (χ0) is 13.4. The molecule has 0 radical (unpaired) electrons. The number of hydroxylamine groups is 1. The molecular weight excluding hydrogens is 285 g/mol. The molecule has 0 atom stereocenters. The van der Waals surface area contributed by atoms with Gasteiger partial charge in [0.2, 0.25) is 0 Å². The first-order chi connectivity index (χ1) is 9.16. The Morgan fingerprint density at radius 2 is 1.84 bits per heavy atom. The summed E-state index contributed by atoms with van der Waals surface area (Å²) in [6.45, 7) is 0. The van der Waals surface area contributed by atoms with E-state index in [0.717, 1.165) is 10.8 Å². The number of nitrogens with one attached hydrogen (secondary N) is 1. The predicted molar refractivity (Wildman–Crippen MR) is 77.3 cm³/mol. The zero-order valence-electron chi connectivity index (χ0n) is 9.64. The molecule has 0 bridgehead atoms. The van der Waals surface area contributed by atoms with Gasteiger partial charge in [-0.25, -0.2) is 5.06 Å². The first kappa shape index (κ1) is 12.3. The molecule has 0 fully saturated rings. The topological polar surface area (TPSA) is 47.9 Å². The molecule has 19 heavy (non-hydrogen) atoms. The van der Waals surface area contributed by atoms with E-state index in [0.29, 0.717) is 27.1 Å². The normalized spacial score (nSPS) is 13.6. The molecule has 2 N–H and O–H groups in total. The van der Waals surface area contributed by atoms with E-state index >= 15 is 0 Å². The third-order valence-corrected chi connectivity index (χ3v) is 3.53. The number of rotatable bonds is 1. The number of fused-ring (bicyclic) bond motifs is 1. The molecule has 0 saturated carbocycles.